The maximum atomic E-state index is 11.6. The van der Waals surface area contributed by atoms with Gasteiger partial charge in [-0.2, -0.15) is 0 Å². The molecule has 2 nitrogen and oxygen atoms in total. The molecule has 0 saturated heterocycles. The summed E-state index contributed by atoms with van der Waals surface area (Å²) in [7, 11) is 1.93. The Hall–Kier alpha value is -0.790. The summed E-state index contributed by atoms with van der Waals surface area (Å²) in [6.07, 6.45) is 9.70. The minimum Gasteiger partial charge on any atom is -0.339 e. The van der Waals surface area contributed by atoms with Crippen molar-refractivity contribution in [3.63, 3.8) is 0 Å². The molecule has 0 spiro atoms. The summed E-state index contributed by atoms with van der Waals surface area (Å²) in [5.41, 5.74) is 0. The van der Waals surface area contributed by atoms with Gasteiger partial charge in [-0.3, -0.25) is 4.79 Å². The largest absolute Gasteiger partial charge is 0.339 e. The third-order valence-corrected chi connectivity index (χ3v) is 3.60. The van der Waals surface area contributed by atoms with E-state index in [-0.39, 0.29) is 5.91 Å². The van der Waals surface area contributed by atoms with Gasteiger partial charge in [0.05, 0.1) is 0 Å². The second kappa shape index (κ2) is 5.94. The van der Waals surface area contributed by atoms with Gasteiger partial charge in [-0.25, -0.2) is 0 Å². The molecule has 0 bridgehead atoms. The van der Waals surface area contributed by atoms with Crippen molar-refractivity contribution in [1.29, 1.82) is 0 Å². The van der Waals surface area contributed by atoms with Gasteiger partial charge in [-0.15, -0.1) is 0 Å². The fraction of sp³-hybridized carbons (Fsp3) is 0.769. The first-order valence-corrected chi connectivity index (χ1v) is 6.08. The Morgan fingerprint density at radius 3 is 2.40 bits per heavy atom. The molecule has 0 aliphatic heterocycles. The lowest BCUT2D eigenvalue weighted by Crippen LogP contribution is -2.38. The maximum Gasteiger partial charge on any atom is 0.246 e. The minimum atomic E-state index is 0.150. The third kappa shape index (κ3) is 3.37. The van der Waals surface area contributed by atoms with Crippen LogP contribution in [-0.4, -0.2) is 23.9 Å². The van der Waals surface area contributed by atoms with Gasteiger partial charge in [0.15, 0.2) is 0 Å². The number of hydrogen-bond acceptors (Lipinski definition) is 1. The normalized spacial score (nSPS) is 26.9. The Morgan fingerprint density at radius 2 is 1.93 bits per heavy atom. The van der Waals surface area contributed by atoms with Crippen LogP contribution < -0.4 is 0 Å². The zero-order chi connectivity index (χ0) is 11.3. The second-order valence-corrected chi connectivity index (χ2v) is 4.53. The summed E-state index contributed by atoms with van der Waals surface area (Å²) in [4.78, 5) is 13.5. The lowest BCUT2D eigenvalue weighted by Gasteiger charge is -2.33. The molecule has 1 aliphatic carbocycles. The van der Waals surface area contributed by atoms with Gasteiger partial charge in [0.1, 0.15) is 0 Å². The van der Waals surface area contributed by atoms with Crippen LogP contribution in [0.2, 0.25) is 0 Å². The van der Waals surface area contributed by atoms with Crippen LogP contribution in [0.15, 0.2) is 12.2 Å². The standard InChI is InChI=1S/C13H23NO/c1-4-6-13(15)14(3)12-9-7-11(5-2)8-10-12/h4,6,11-12H,5,7-10H2,1-3H3. The Labute approximate surface area is 93.3 Å². The highest BCUT2D eigenvalue weighted by molar-refractivity contribution is 5.87. The van der Waals surface area contributed by atoms with Crippen molar-refractivity contribution in [2.24, 2.45) is 5.92 Å². The van der Waals surface area contributed by atoms with E-state index in [9.17, 15) is 4.79 Å². The lowest BCUT2D eigenvalue weighted by molar-refractivity contribution is -0.127. The van der Waals surface area contributed by atoms with E-state index < -0.39 is 0 Å². The minimum absolute atomic E-state index is 0.150. The van der Waals surface area contributed by atoms with E-state index in [4.69, 9.17) is 0 Å². The van der Waals surface area contributed by atoms with Crippen molar-refractivity contribution >= 4 is 5.91 Å². The molecule has 0 atom stereocenters. The van der Waals surface area contributed by atoms with Crippen LogP contribution in [0.5, 0.6) is 0 Å². The van der Waals surface area contributed by atoms with Gasteiger partial charge < -0.3 is 4.90 Å². The lowest BCUT2D eigenvalue weighted by atomic mass is 9.84. The average molecular weight is 209 g/mol. The summed E-state index contributed by atoms with van der Waals surface area (Å²) in [6, 6.07) is 0.469. The van der Waals surface area contributed by atoms with Crippen molar-refractivity contribution < 1.29 is 4.79 Å². The van der Waals surface area contributed by atoms with Crippen molar-refractivity contribution in [2.75, 3.05) is 7.05 Å². The number of allylic oxidation sites excluding steroid dienone is 1. The van der Waals surface area contributed by atoms with E-state index in [2.05, 4.69) is 6.92 Å². The summed E-state index contributed by atoms with van der Waals surface area (Å²) < 4.78 is 0. The fourth-order valence-corrected chi connectivity index (χ4v) is 2.38. The molecule has 0 heterocycles. The zero-order valence-corrected chi connectivity index (χ0v) is 10.2. The van der Waals surface area contributed by atoms with Crippen molar-refractivity contribution in [3.8, 4) is 0 Å². The number of carbonyl (C=O) groups excluding carboxylic acids is 1. The van der Waals surface area contributed by atoms with E-state index in [1.54, 1.807) is 6.08 Å². The molecule has 0 aromatic rings. The van der Waals surface area contributed by atoms with Crippen molar-refractivity contribution in [3.05, 3.63) is 12.2 Å². The first kappa shape index (κ1) is 12.3. The van der Waals surface area contributed by atoms with Gasteiger partial charge in [0.25, 0.3) is 0 Å². The van der Waals surface area contributed by atoms with Gasteiger partial charge in [0.2, 0.25) is 5.91 Å². The predicted octanol–water partition coefficient (Wildman–Crippen LogP) is 2.99. The van der Waals surface area contributed by atoms with Crippen LogP contribution in [0, 0.1) is 5.92 Å². The quantitative estimate of drug-likeness (QED) is 0.654. The predicted molar refractivity (Wildman–Crippen MR) is 63.6 cm³/mol. The number of likely N-dealkylation sites (N-methyl/N-ethyl adjacent to an activating group) is 1. The fourth-order valence-electron chi connectivity index (χ4n) is 2.38. The summed E-state index contributed by atoms with van der Waals surface area (Å²) >= 11 is 0. The topological polar surface area (TPSA) is 20.3 Å². The summed E-state index contributed by atoms with van der Waals surface area (Å²) in [6.45, 7) is 4.15. The van der Waals surface area contributed by atoms with E-state index in [1.807, 2.05) is 24.9 Å². The van der Waals surface area contributed by atoms with Crippen LogP contribution in [0.1, 0.15) is 46.0 Å². The van der Waals surface area contributed by atoms with Crippen LogP contribution >= 0.6 is 0 Å². The Morgan fingerprint density at radius 1 is 1.33 bits per heavy atom. The number of amides is 1. The molecule has 1 amide bonds. The Bertz CT molecular complexity index is 227. The SMILES string of the molecule is CC=CC(=O)N(C)C1CCC(CC)CC1. The molecule has 1 saturated carbocycles. The molecule has 0 N–H and O–H groups in total. The Balaban J connectivity index is 2.42. The number of nitrogens with zero attached hydrogens (tertiary/aromatic N) is 1. The average Bonchev–Trinajstić information content (AvgIpc) is 2.28. The van der Waals surface area contributed by atoms with Crippen molar-refractivity contribution in [2.45, 2.75) is 52.0 Å². The highest BCUT2D eigenvalue weighted by Crippen LogP contribution is 2.28. The molecule has 1 fully saturated rings. The van der Waals surface area contributed by atoms with Crippen LogP contribution in [-0.2, 0) is 4.79 Å². The van der Waals surface area contributed by atoms with Crippen LogP contribution in [0.25, 0.3) is 0 Å². The van der Waals surface area contributed by atoms with Gasteiger partial charge >= 0.3 is 0 Å². The summed E-state index contributed by atoms with van der Waals surface area (Å²) in [5, 5.41) is 0. The van der Waals surface area contributed by atoms with E-state index >= 15 is 0 Å². The monoisotopic (exact) mass is 209 g/mol. The first-order valence-electron chi connectivity index (χ1n) is 6.08. The molecule has 0 unspecified atom stereocenters. The highest BCUT2D eigenvalue weighted by atomic mass is 16.2. The smallest absolute Gasteiger partial charge is 0.246 e. The molecule has 0 radical (unpaired) electrons. The van der Waals surface area contributed by atoms with Gasteiger partial charge in [-0.1, -0.05) is 19.4 Å². The molecular weight excluding hydrogens is 186 g/mol. The molecule has 86 valence electrons. The molecule has 0 aromatic carbocycles. The molecular formula is C13H23NO. The van der Waals surface area contributed by atoms with Crippen LogP contribution in [0.3, 0.4) is 0 Å². The molecule has 15 heavy (non-hydrogen) atoms. The van der Waals surface area contributed by atoms with E-state index in [0.717, 1.165) is 5.92 Å². The zero-order valence-electron chi connectivity index (χ0n) is 10.2. The highest BCUT2D eigenvalue weighted by Gasteiger charge is 2.24. The molecule has 2 heteroatoms. The van der Waals surface area contributed by atoms with Gasteiger partial charge in [-0.05, 0) is 44.6 Å². The number of rotatable bonds is 3. The van der Waals surface area contributed by atoms with E-state index in [1.165, 1.54) is 32.1 Å². The summed E-state index contributed by atoms with van der Waals surface area (Å²) in [5.74, 6) is 1.05. The molecule has 0 aromatic heterocycles. The van der Waals surface area contributed by atoms with Gasteiger partial charge in [0, 0.05) is 13.1 Å². The number of hydrogen-bond donors (Lipinski definition) is 0. The number of carbonyl (C=O) groups is 1. The Kier molecular flexibility index (Phi) is 4.86. The van der Waals surface area contributed by atoms with E-state index in [0.29, 0.717) is 6.04 Å². The third-order valence-electron chi connectivity index (χ3n) is 3.60. The second-order valence-electron chi connectivity index (χ2n) is 4.53. The molecule has 1 aliphatic rings. The van der Waals surface area contributed by atoms with Crippen LogP contribution in [0.4, 0.5) is 0 Å². The van der Waals surface area contributed by atoms with Crippen molar-refractivity contribution in [1.82, 2.24) is 4.90 Å². The molecule has 1 rings (SSSR count). The maximum absolute atomic E-state index is 11.6. The first-order chi connectivity index (χ1) is 7.19.